The van der Waals surface area contributed by atoms with Crippen LogP contribution in [0.25, 0.3) is 0 Å². The molecule has 0 aromatic heterocycles. The summed E-state index contributed by atoms with van der Waals surface area (Å²) < 4.78 is 13.3. The van der Waals surface area contributed by atoms with Crippen molar-refractivity contribution < 1.29 is 14.0 Å². The van der Waals surface area contributed by atoms with E-state index in [-0.39, 0.29) is 36.8 Å². The molecule has 1 N–H and O–H groups in total. The monoisotopic (exact) mass is 423 g/mol. The number of rotatable bonds is 3. The third kappa shape index (κ3) is 3.36. The number of hydrogen-bond acceptors (Lipinski definition) is 5. The van der Waals surface area contributed by atoms with Gasteiger partial charge in [-0.05, 0) is 43.2 Å². The van der Waals surface area contributed by atoms with Crippen molar-refractivity contribution in [3.8, 4) is 0 Å². The molecule has 3 aliphatic rings. The molecule has 0 radical (unpaired) electrons. The van der Waals surface area contributed by atoms with Crippen molar-refractivity contribution in [2.75, 3.05) is 25.0 Å². The quantitative estimate of drug-likeness (QED) is 0.821. The number of nitrogens with zero attached hydrogens (tertiary/aromatic N) is 4. The molecule has 2 aromatic carbocycles. The smallest absolute Gasteiger partial charge is 0.328 e. The van der Waals surface area contributed by atoms with Crippen LogP contribution in [0.1, 0.15) is 17.5 Å². The normalized spacial score (nSPS) is 26.3. The molecule has 0 bridgehead atoms. The number of fused-ring (bicyclic) bond motifs is 3. The fourth-order valence-corrected chi connectivity index (χ4v) is 4.84. The number of urea groups is 1. The average Bonchev–Trinajstić information content (AvgIpc) is 3.17. The first-order valence-electron chi connectivity index (χ1n) is 10.6. The van der Waals surface area contributed by atoms with Gasteiger partial charge in [-0.1, -0.05) is 29.8 Å². The third-order valence-corrected chi connectivity index (χ3v) is 6.49. The maximum Gasteiger partial charge on any atom is 0.328 e. The highest BCUT2D eigenvalue weighted by Crippen LogP contribution is 2.33. The minimum Gasteiger partial charge on any atom is -0.343 e. The summed E-state index contributed by atoms with van der Waals surface area (Å²) in [5.74, 6) is -0.553. The first-order chi connectivity index (χ1) is 14.9. The Hall–Kier alpha value is -2.97. The van der Waals surface area contributed by atoms with E-state index < -0.39 is 6.04 Å². The van der Waals surface area contributed by atoms with Gasteiger partial charge in [0, 0.05) is 25.8 Å². The predicted molar refractivity (Wildman–Crippen MR) is 114 cm³/mol. The second-order valence-electron chi connectivity index (χ2n) is 8.49. The maximum absolute atomic E-state index is 13.5. The first-order valence-corrected chi connectivity index (χ1v) is 10.6. The summed E-state index contributed by atoms with van der Waals surface area (Å²) in [7, 11) is 1.73. The van der Waals surface area contributed by atoms with Crippen molar-refractivity contribution in [3.63, 3.8) is 0 Å². The lowest BCUT2D eigenvalue weighted by Crippen LogP contribution is -2.66. The van der Waals surface area contributed by atoms with E-state index in [4.69, 9.17) is 0 Å². The third-order valence-electron chi connectivity index (χ3n) is 6.49. The van der Waals surface area contributed by atoms with Crippen molar-refractivity contribution in [3.05, 3.63) is 65.5 Å². The van der Waals surface area contributed by atoms with E-state index in [1.807, 2.05) is 0 Å². The van der Waals surface area contributed by atoms with Gasteiger partial charge in [-0.25, -0.2) is 9.18 Å². The lowest BCUT2D eigenvalue weighted by molar-refractivity contribution is -0.139. The number of carbonyl (C=O) groups is 2. The van der Waals surface area contributed by atoms with Crippen LogP contribution in [0.4, 0.5) is 14.9 Å². The SMILES string of the molecule is Cc1ccc(N2CCCN3C4C(=O)N(Cc5ccc(F)cc5)C(=O)N(C)C4NC23)cc1. The zero-order valence-corrected chi connectivity index (χ0v) is 17.7. The highest BCUT2D eigenvalue weighted by molar-refractivity contribution is 6.00. The minimum absolute atomic E-state index is 0.131. The van der Waals surface area contributed by atoms with Gasteiger partial charge in [0.2, 0.25) is 0 Å². The van der Waals surface area contributed by atoms with E-state index in [2.05, 4.69) is 46.3 Å². The lowest BCUT2D eigenvalue weighted by Gasteiger charge is -2.44. The zero-order valence-electron chi connectivity index (χ0n) is 17.7. The van der Waals surface area contributed by atoms with Gasteiger partial charge in [0.1, 0.15) is 24.3 Å². The van der Waals surface area contributed by atoms with Crippen LogP contribution < -0.4 is 10.2 Å². The van der Waals surface area contributed by atoms with Crippen molar-refractivity contribution >= 4 is 17.6 Å². The Bertz CT molecular complexity index is 996. The van der Waals surface area contributed by atoms with Gasteiger partial charge in [-0.15, -0.1) is 0 Å². The topological polar surface area (TPSA) is 59.1 Å². The molecule has 3 saturated heterocycles. The number of halogens is 1. The Morgan fingerprint density at radius 1 is 1.03 bits per heavy atom. The summed E-state index contributed by atoms with van der Waals surface area (Å²) in [6.07, 6.45) is 0.384. The number of likely N-dealkylation sites (N-methyl/N-ethyl adjacent to an activating group) is 1. The van der Waals surface area contributed by atoms with Gasteiger partial charge < -0.3 is 9.80 Å². The molecule has 3 aliphatic heterocycles. The van der Waals surface area contributed by atoms with Gasteiger partial charge in [0.25, 0.3) is 5.91 Å². The van der Waals surface area contributed by atoms with E-state index in [1.165, 1.54) is 22.6 Å². The molecule has 5 rings (SSSR count). The minimum atomic E-state index is -0.457. The number of anilines is 1. The number of imide groups is 1. The van der Waals surface area contributed by atoms with E-state index >= 15 is 0 Å². The Morgan fingerprint density at radius 2 is 1.74 bits per heavy atom. The Balaban J connectivity index is 1.42. The number of amides is 3. The molecule has 8 heteroatoms. The second kappa shape index (κ2) is 7.62. The molecule has 162 valence electrons. The highest BCUT2D eigenvalue weighted by Gasteiger charge is 2.56. The van der Waals surface area contributed by atoms with Crippen LogP contribution in [0.15, 0.2) is 48.5 Å². The molecular formula is C23H26FN5O2. The summed E-state index contributed by atoms with van der Waals surface area (Å²) in [6, 6.07) is 13.5. The molecule has 0 spiro atoms. The highest BCUT2D eigenvalue weighted by atomic mass is 19.1. The summed E-state index contributed by atoms with van der Waals surface area (Å²) in [6.45, 7) is 3.84. The van der Waals surface area contributed by atoms with E-state index in [0.29, 0.717) is 0 Å². The summed E-state index contributed by atoms with van der Waals surface area (Å²) in [4.78, 5) is 33.8. The summed E-state index contributed by atoms with van der Waals surface area (Å²) in [5, 5.41) is 3.52. The van der Waals surface area contributed by atoms with Gasteiger partial charge in [-0.3, -0.25) is 19.9 Å². The molecule has 0 aliphatic carbocycles. The summed E-state index contributed by atoms with van der Waals surface area (Å²) in [5.41, 5.74) is 3.01. The standard InChI is InChI=1S/C23H26FN5O2/c1-15-4-10-18(11-5-15)27-12-3-13-28-19-20(25-22(27)28)26(2)23(31)29(21(19)30)14-16-6-8-17(24)9-7-16/h4-11,19-20,22,25H,3,12-14H2,1-2H3. The van der Waals surface area contributed by atoms with E-state index in [0.717, 1.165) is 30.8 Å². The van der Waals surface area contributed by atoms with Crippen LogP contribution in [0.3, 0.4) is 0 Å². The molecular weight excluding hydrogens is 397 g/mol. The van der Waals surface area contributed by atoms with Crippen LogP contribution in [0, 0.1) is 12.7 Å². The number of hydrogen-bond donors (Lipinski definition) is 1. The number of carbonyl (C=O) groups excluding carboxylic acids is 2. The van der Waals surface area contributed by atoms with Crippen LogP contribution in [0.5, 0.6) is 0 Å². The second-order valence-corrected chi connectivity index (χ2v) is 8.49. The molecule has 7 nitrogen and oxygen atoms in total. The van der Waals surface area contributed by atoms with Crippen molar-refractivity contribution in [1.82, 2.24) is 20.0 Å². The number of benzene rings is 2. The van der Waals surface area contributed by atoms with Gasteiger partial charge >= 0.3 is 6.03 Å². The predicted octanol–water partition coefficient (Wildman–Crippen LogP) is 2.32. The van der Waals surface area contributed by atoms with Gasteiger partial charge in [0.05, 0.1) is 6.54 Å². The molecule has 3 heterocycles. The molecule has 3 amide bonds. The average molecular weight is 423 g/mol. The molecule has 0 saturated carbocycles. The van der Waals surface area contributed by atoms with Crippen molar-refractivity contribution in [1.29, 1.82) is 0 Å². The van der Waals surface area contributed by atoms with Crippen LogP contribution in [0.2, 0.25) is 0 Å². The zero-order chi connectivity index (χ0) is 21.7. The van der Waals surface area contributed by atoms with Crippen LogP contribution in [-0.4, -0.2) is 65.3 Å². The number of aryl methyl sites for hydroxylation is 1. The van der Waals surface area contributed by atoms with Crippen LogP contribution >= 0.6 is 0 Å². The van der Waals surface area contributed by atoms with Gasteiger partial charge in [-0.2, -0.15) is 0 Å². The lowest BCUT2D eigenvalue weighted by atomic mass is 10.1. The Kier molecular flexibility index (Phi) is 4.91. The number of nitrogens with one attached hydrogen (secondary N) is 1. The Labute approximate surface area is 181 Å². The Morgan fingerprint density at radius 3 is 2.45 bits per heavy atom. The summed E-state index contributed by atoms with van der Waals surface area (Å²) >= 11 is 0. The van der Waals surface area contributed by atoms with Crippen molar-refractivity contribution in [2.24, 2.45) is 0 Å². The van der Waals surface area contributed by atoms with E-state index in [1.54, 1.807) is 24.1 Å². The van der Waals surface area contributed by atoms with Crippen LogP contribution in [-0.2, 0) is 11.3 Å². The van der Waals surface area contributed by atoms with Gasteiger partial charge in [0.15, 0.2) is 0 Å². The molecule has 2 aromatic rings. The molecule has 3 atom stereocenters. The molecule has 31 heavy (non-hydrogen) atoms. The molecule has 3 unspecified atom stereocenters. The largest absolute Gasteiger partial charge is 0.343 e. The molecule has 3 fully saturated rings. The van der Waals surface area contributed by atoms with E-state index in [9.17, 15) is 14.0 Å². The maximum atomic E-state index is 13.5. The fourth-order valence-electron chi connectivity index (χ4n) is 4.84. The first kappa shape index (κ1) is 20.0. The fraction of sp³-hybridized carbons (Fsp3) is 0.391. The van der Waals surface area contributed by atoms with Crippen molar-refractivity contribution in [2.45, 2.75) is 38.4 Å².